The Morgan fingerprint density at radius 2 is 1.27 bits per heavy atom. The molecule has 1 aromatic carbocycles. The molecule has 4 heterocycles. The van der Waals surface area contributed by atoms with Crippen molar-refractivity contribution in [3.8, 4) is 23.0 Å². The Labute approximate surface area is 252 Å². The van der Waals surface area contributed by atoms with E-state index in [1.165, 1.54) is 24.8 Å². The third-order valence-electron chi connectivity index (χ3n) is 6.82. The number of carbonyl (C=O) groups is 2. The Morgan fingerprint density at radius 1 is 0.682 bits per heavy atom. The molecule has 44 heavy (non-hydrogen) atoms. The van der Waals surface area contributed by atoms with Crippen LogP contribution in [0.4, 0.5) is 8.78 Å². The lowest BCUT2D eigenvalue weighted by Crippen LogP contribution is -2.16. The van der Waals surface area contributed by atoms with Gasteiger partial charge in [-0.2, -0.15) is 0 Å². The second-order valence-electron chi connectivity index (χ2n) is 10.1. The molecular weight excluding hydrogens is 566 g/mol. The summed E-state index contributed by atoms with van der Waals surface area (Å²) in [5.74, 6) is 0.629. The predicted octanol–water partition coefficient (Wildman–Crippen LogP) is 7.61. The number of nitrogens with zero attached hydrogens (tertiary/aromatic N) is 4. The van der Waals surface area contributed by atoms with Crippen LogP contribution in [-0.2, 0) is 6.42 Å². The molecule has 8 nitrogen and oxygen atoms in total. The molecule has 10 heteroatoms. The standard InChI is InChI=1S/C18H12F2N2O2.C16H16N2O2/c19-15-4-3-12(8-16(15)20)9-18(23)17-10-13(5-7-22-17)24-14-2-1-6-21-11-14;19-16(9-12-3-1-4-12)15-10-13(6-8-18-15)20-14-5-2-7-17-11-14/h1-8,10-11H,9H2;2,5-8,10-12H,1,3-4,9H2. The molecule has 5 aromatic rings. The summed E-state index contributed by atoms with van der Waals surface area (Å²) < 4.78 is 37.4. The minimum Gasteiger partial charge on any atom is -0.456 e. The topological polar surface area (TPSA) is 104 Å². The smallest absolute Gasteiger partial charge is 0.185 e. The van der Waals surface area contributed by atoms with Crippen LogP contribution in [0.5, 0.6) is 23.0 Å². The predicted molar refractivity (Wildman–Crippen MR) is 158 cm³/mol. The Bertz CT molecular complexity index is 1720. The van der Waals surface area contributed by atoms with Crippen molar-refractivity contribution in [1.29, 1.82) is 0 Å². The van der Waals surface area contributed by atoms with Crippen molar-refractivity contribution >= 4 is 11.6 Å². The summed E-state index contributed by atoms with van der Waals surface area (Å²) in [5, 5.41) is 0. The van der Waals surface area contributed by atoms with E-state index in [2.05, 4.69) is 19.9 Å². The van der Waals surface area contributed by atoms with Gasteiger partial charge in [0.2, 0.25) is 0 Å². The van der Waals surface area contributed by atoms with Crippen LogP contribution in [0.25, 0.3) is 0 Å². The number of ketones is 2. The fourth-order valence-electron chi connectivity index (χ4n) is 4.33. The molecule has 0 saturated heterocycles. The van der Waals surface area contributed by atoms with E-state index in [1.54, 1.807) is 67.4 Å². The summed E-state index contributed by atoms with van der Waals surface area (Å²) in [6.07, 6.45) is 13.6. The fraction of sp³-hybridized carbons (Fsp3) is 0.176. The zero-order valence-electron chi connectivity index (χ0n) is 23.6. The first-order chi connectivity index (χ1) is 21.4. The zero-order valence-corrected chi connectivity index (χ0v) is 23.6. The van der Waals surface area contributed by atoms with Crippen LogP contribution < -0.4 is 9.47 Å². The van der Waals surface area contributed by atoms with Gasteiger partial charge in [-0.3, -0.25) is 29.5 Å². The summed E-state index contributed by atoms with van der Waals surface area (Å²) >= 11 is 0. The lowest BCUT2D eigenvalue weighted by atomic mass is 9.81. The summed E-state index contributed by atoms with van der Waals surface area (Å²) in [6.45, 7) is 0. The number of ether oxygens (including phenoxy) is 2. The number of aromatic nitrogens is 4. The van der Waals surface area contributed by atoms with Crippen molar-refractivity contribution < 1.29 is 27.8 Å². The molecular formula is C34H28F2N4O4. The van der Waals surface area contributed by atoms with Gasteiger partial charge in [-0.1, -0.05) is 25.3 Å². The lowest BCUT2D eigenvalue weighted by molar-refractivity contribution is 0.0930. The summed E-state index contributed by atoms with van der Waals surface area (Å²) in [4.78, 5) is 40.5. The van der Waals surface area contributed by atoms with Crippen molar-refractivity contribution in [3.05, 3.63) is 132 Å². The molecule has 0 radical (unpaired) electrons. The molecule has 0 amide bonds. The number of carbonyl (C=O) groups excluding carboxylic acids is 2. The molecule has 1 fully saturated rings. The number of benzene rings is 1. The van der Waals surface area contributed by atoms with E-state index in [0.29, 0.717) is 46.6 Å². The average Bonchev–Trinajstić information content (AvgIpc) is 3.02. The Balaban J connectivity index is 0.000000177. The first-order valence-corrected chi connectivity index (χ1v) is 14.0. The van der Waals surface area contributed by atoms with Gasteiger partial charge in [-0.25, -0.2) is 8.78 Å². The molecule has 0 spiro atoms. The maximum Gasteiger partial charge on any atom is 0.185 e. The highest BCUT2D eigenvalue weighted by atomic mass is 19.2. The van der Waals surface area contributed by atoms with Crippen LogP contribution in [-0.4, -0.2) is 31.5 Å². The largest absolute Gasteiger partial charge is 0.456 e. The molecule has 1 saturated carbocycles. The summed E-state index contributed by atoms with van der Waals surface area (Å²) in [7, 11) is 0. The van der Waals surface area contributed by atoms with Crippen molar-refractivity contribution in [2.45, 2.75) is 32.1 Å². The molecule has 0 aliphatic heterocycles. The summed E-state index contributed by atoms with van der Waals surface area (Å²) in [6, 6.07) is 17.0. The van der Waals surface area contributed by atoms with Gasteiger partial charge in [0.05, 0.1) is 12.4 Å². The normalized spacial score (nSPS) is 12.3. The van der Waals surface area contributed by atoms with Gasteiger partial charge in [0.25, 0.3) is 0 Å². The van der Waals surface area contributed by atoms with Crippen LogP contribution in [0.1, 0.15) is 52.2 Å². The van der Waals surface area contributed by atoms with E-state index < -0.39 is 11.6 Å². The second kappa shape index (κ2) is 14.7. The Kier molecular flexibility index (Phi) is 10.0. The first-order valence-electron chi connectivity index (χ1n) is 14.0. The van der Waals surface area contributed by atoms with Gasteiger partial charge in [-0.15, -0.1) is 0 Å². The van der Waals surface area contributed by atoms with E-state index in [9.17, 15) is 18.4 Å². The number of Topliss-reactive ketones (excluding diaryl/α,β-unsaturated/α-hetero) is 2. The highest BCUT2D eigenvalue weighted by Crippen LogP contribution is 2.31. The number of hydrogen-bond acceptors (Lipinski definition) is 8. The maximum absolute atomic E-state index is 13.2. The van der Waals surface area contributed by atoms with E-state index in [-0.39, 0.29) is 23.7 Å². The van der Waals surface area contributed by atoms with E-state index in [4.69, 9.17) is 9.47 Å². The van der Waals surface area contributed by atoms with Crippen molar-refractivity contribution in [2.24, 2.45) is 5.92 Å². The van der Waals surface area contributed by atoms with Gasteiger partial charge in [0.1, 0.15) is 34.4 Å². The van der Waals surface area contributed by atoms with Crippen LogP contribution >= 0.6 is 0 Å². The lowest BCUT2D eigenvalue weighted by Gasteiger charge is -2.24. The molecule has 0 atom stereocenters. The molecule has 0 bridgehead atoms. The van der Waals surface area contributed by atoms with Gasteiger partial charge in [0, 0.05) is 49.8 Å². The molecule has 222 valence electrons. The monoisotopic (exact) mass is 594 g/mol. The molecule has 4 aromatic heterocycles. The first kappa shape index (κ1) is 30.1. The average molecular weight is 595 g/mol. The number of pyridine rings is 4. The number of halogens is 2. The minimum atomic E-state index is -0.984. The van der Waals surface area contributed by atoms with Crippen LogP contribution in [0.15, 0.2) is 104 Å². The minimum absolute atomic E-state index is 0.0828. The SMILES string of the molecule is O=C(CC1CCC1)c1cc(Oc2cccnc2)ccn1.O=C(Cc1ccc(F)c(F)c1)c1cc(Oc2cccnc2)ccn1. The second-order valence-corrected chi connectivity index (χ2v) is 10.1. The van der Waals surface area contributed by atoms with Crippen LogP contribution in [0, 0.1) is 17.6 Å². The van der Waals surface area contributed by atoms with Gasteiger partial charge in [-0.05, 0) is 60.0 Å². The number of rotatable bonds is 10. The van der Waals surface area contributed by atoms with Crippen molar-refractivity contribution in [3.63, 3.8) is 0 Å². The highest BCUT2D eigenvalue weighted by Gasteiger charge is 2.22. The van der Waals surface area contributed by atoms with Gasteiger partial charge >= 0.3 is 0 Å². The van der Waals surface area contributed by atoms with Gasteiger partial charge in [0.15, 0.2) is 23.2 Å². The maximum atomic E-state index is 13.2. The number of hydrogen-bond donors (Lipinski definition) is 0. The third kappa shape index (κ3) is 8.57. The quantitative estimate of drug-likeness (QED) is 0.152. The highest BCUT2D eigenvalue weighted by molar-refractivity contribution is 5.96. The molecule has 6 rings (SSSR count). The fourth-order valence-corrected chi connectivity index (χ4v) is 4.33. The molecule has 1 aliphatic carbocycles. The molecule has 1 aliphatic rings. The van der Waals surface area contributed by atoms with E-state index in [1.807, 2.05) is 6.07 Å². The molecule has 0 N–H and O–H groups in total. The van der Waals surface area contributed by atoms with Gasteiger partial charge < -0.3 is 9.47 Å². The van der Waals surface area contributed by atoms with Crippen molar-refractivity contribution in [2.75, 3.05) is 0 Å². The third-order valence-corrected chi connectivity index (χ3v) is 6.82. The zero-order chi connectivity index (χ0) is 30.7. The van der Waals surface area contributed by atoms with Crippen LogP contribution in [0.3, 0.4) is 0 Å². The van der Waals surface area contributed by atoms with E-state index in [0.717, 1.165) is 25.0 Å². The Hall–Kier alpha value is -5.38. The van der Waals surface area contributed by atoms with E-state index >= 15 is 0 Å². The van der Waals surface area contributed by atoms with Crippen molar-refractivity contribution in [1.82, 2.24) is 19.9 Å². The van der Waals surface area contributed by atoms with Crippen LogP contribution in [0.2, 0.25) is 0 Å². The Morgan fingerprint density at radius 3 is 1.77 bits per heavy atom. The summed E-state index contributed by atoms with van der Waals surface area (Å²) in [5.41, 5.74) is 1.04. The molecule has 0 unspecified atom stereocenters.